The number of hydrogen-bond donors (Lipinski definition) is 1. The highest BCUT2D eigenvalue weighted by atomic mass is 16.2. The van der Waals surface area contributed by atoms with Gasteiger partial charge in [-0.15, -0.1) is 0 Å². The van der Waals surface area contributed by atoms with Crippen LogP contribution >= 0.6 is 0 Å². The summed E-state index contributed by atoms with van der Waals surface area (Å²) >= 11 is 0. The van der Waals surface area contributed by atoms with Crippen LogP contribution in [0.3, 0.4) is 0 Å². The highest BCUT2D eigenvalue weighted by Gasteiger charge is 2.35. The Morgan fingerprint density at radius 1 is 1.43 bits per heavy atom. The summed E-state index contributed by atoms with van der Waals surface area (Å²) in [6.07, 6.45) is 3.04. The minimum absolute atomic E-state index is 0.251. The molecule has 0 aliphatic carbocycles. The highest BCUT2D eigenvalue weighted by Crippen LogP contribution is 2.30. The Balaban J connectivity index is 2.57. The van der Waals surface area contributed by atoms with Gasteiger partial charge >= 0.3 is 0 Å². The number of hydrogen-bond acceptors (Lipinski definition) is 1. The molecule has 14 heavy (non-hydrogen) atoms. The van der Waals surface area contributed by atoms with Crippen molar-refractivity contribution in [3.05, 3.63) is 0 Å². The molecule has 1 amide bonds. The number of nitrogens with one attached hydrogen (secondary N) is 1. The third-order valence-electron chi connectivity index (χ3n) is 3.38. The van der Waals surface area contributed by atoms with Gasteiger partial charge in [0.2, 0.25) is 5.91 Å². The predicted octanol–water partition coefficient (Wildman–Crippen LogP) is 2.58. The summed E-state index contributed by atoms with van der Waals surface area (Å²) in [7, 11) is 0. The smallest absolute Gasteiger partial charge is 0.220 e. The third kappa shape index (κ3) is 2.73. The van der Waals surface area contributed by atoms with Crippen LogP contribution in [-0.2, 0) is 4.79 Å². The van der Waals surface area contributed by atoms with Gasteiger partial charge in [-0.05, 0) is 24.2 Å². The van der Waals surface area contributed by atoms with Crippen LogP contribution in [0.4, 0.5) is 0 Å². The Hall–Kier alpha value is -0.530. The van der Waals surface area contributed by atoms with Crippen LogP contribution in [0.2, 0.25) is 0 Å². The van der Waals surface area contributed by atoms with Crippen molar-refractivity contribution in [1.29, 1.82) is 0 Å². The molecular formula is C12H23NO. The molecular weight excluding hydrogens is 174 g/mol. The molecule has 2 nitrogen and oxygen atoms in total. The van der Waals surface area contributed by atoms with Crippen LogP contribution < -0.4 is 5.32 Å². The topological polar surface area (TPSA) is 29.1 Å². The number of carbonyl (C=O) groups is 1. The zero-order chi connectivity index (χ0) is 10.7. The number of carbonyl (C=O) groups excluding carboxylic acids is 1. The van der Waals surface area contributed by atoms with Gasteiger partial charge in [-0.3, -0.25) is 4.79 Å². The van der Waals surface area contributed by atoms with Crippen molar-refractivity contribution in [2.75, 3.05) is 0 Å². The molecule has 0 bridgehead atoms. The van der Waals surface area contributed by atoms with E-state index >= 15 is 0 Å². The Kier molecular flexibility index (Phi) is 3.97. The van der Waals surface area contributed by atoms with Crippen LogP contribution in [0, 0.1) is 17.8 Å². The zero-order valence-electron chi connectivity index (χ0n) is 9.84. The molecule has 0 saturated carbocycles. The van der Waals surface area contributed by atoms with Crippen molar-refractivity contribution in [3.8, 4) is 0 Å². The second-order valence-corrected chi connectivity index (χ2v) is 5.06. The summed E-state index contributed by atoms with van der Waals surface area (Å²) in [5, 5.41) is 3.11. The van der Waals surface area contributed by atoms with Crippen LogP contribution in [0.1, 0.15) is 47.0 Å². The first-order valence-corrected chi connectivity index (χ1v) is 5.84. The van der Waals surface area contributed by atoms with Gasteiger partial charge in [-0.1, -0.05) is 34.1 Å². The van der Waals surface area contributed by atoms with E-state index in [1.54, 1.807) is 0 Å². The zero-order valence-corrected chi connectivity index (χ0v) is 9.84. The SMILES string of the molecule is CCC(C)C1CC(=O)NC1CC(C)C. The molecule has 0 radical (unpaired) electrons. The quantitative estimate of drug-likeness (QED) is 0.737. The molecule has 1 aliphatic rings. The van der Waals surface area contributed by atoms with Crippen LogP contribution in [-0.4, -0.2) is 11.9 Å². The molecule has 0 aromatic carbocycles. The van der Waals surface area contributed by atoms with Crippen LogP contribution in [0.15, 0.2) is 0 Å². The van der Waals surface area contributed by atoms with E-state index in [-0.39, 0.29) is 5.91 Å². The first-order chi connectivity index (χ1) is 6.54. The minimum Gasteiger partial charge on any atom is -0.353 e. The predicted molar refractivity (Wildman–Crippen MR) is 58.9 cm³/mol. The molecule has 1 aliphatic heterocycles. The molecule has 1 N–H and O–H groups in total. The first kappa shape index (κ1) is 11.5. The Bertz CT molecular complexity index is 200. The number of amides is 1. The lowest BCUT2D eigenvalue weighted by Gasteiger charge is -2.25. The minimum atomic E-state index is 0.251. The van der Waals surface area contributed by atoms with Crippen molar-refractivity contribution in [3.63, 3.8) is 0 Å². The fourth-order valence-corrected chi connectivity index (χ4v) is 2.37. The summed E-state index contributed by atoms with van der Waals surface area (Å²) in [4.78, 5) is 11.4. The lowest BCUT2D eigenvalue weighted by Crippen LogP contribution is -2.32. The van der Waals surface area contributed by atoms with Crippen molar-refractivity contribution in [2.24, 2.45) is 17.8 Å². The van der Waals surface area contributed by atoms with E-state index in [0.29, 0.717) is 23.8 Å². The van der Waals surface area contributed by atoms with Crippen LogP contribution in [0.5, 0.6) is 0 Å². The van der Waals surface area contributed by atoms with Gasteiger partial charge in [0, 0.05) is 12.5 Å². The van der Waals surface area contributed by atoms with E-state index in [4.69, 9.17) is 0 Å². The second-order valence-electron chi connectivity index (χ2n) is 5.06. The monoisotopic (exact) mass is 197 g/mol. The molecule has 82 valence electrons. The maximum atomic E-state index is 11.4. The van der Waals surface area contributed by atoms with E-state index < -0.39 is 0 Å². The van der Waals surface area contributed by atoms with E-state index in [2.05, 4.69) is 33.0 Å². The van der Waals surface area contributed by atoms with Crippen molar-refractivity contribution < 1.29 is 4.79 Å². The average molecular weight is 197 g/mol. The first-order valence-electron chi connectivity index (χ1n) is 5.84. The van der Waals surface area contributed by atoms with E-state index in [1.165, 1.54) is 6.42 Å². The van der Waals surface area contributed by atoms with Crippen molar-refractivity contribution in [1.82, 2.24) is 5.32 Å². The fourth-order valence-electron chi connectivity index (χ4n) is 2.37. The lowest BCUT2D eigenvalue weighted by molar-refractivity contribution is -0.119. The molecule has 2 heteroatoms. The maximum absolute atomic E-state index is 11.4. The molecule has 0 spiro atoms. The highest BCUT2D eigenvalue weighted by molar-refractivity contribution is 5.79. The summed E-state index contributed by atoms with van der Waals surface area (Å²) in [5.41, 5.74) is 0. The van der Waals surface area contributed by atoms with Crippen molar-refractivity contribution >= 4 is 5.91 Å². The average Bonchev–Trinajstić information content (AvgIpc) is 2.44. The second kappa shape index (κ2) is 4.81. The van der Waals surface area contributed by atoms with Gasteiger partial charge < -0.3 is 5.32 Å². The van der Waals surface area contributed by atoms with E-state index in [0.717, 1.165) is 12.8 Å². The Morgan fingerprint density at radius 3 is 2.57 bits per heavy atom. The van der Waals surface area contributed by atoms with Gasteiger partial charge in [-0.25, -0.2) is 0 Å². The lowest BCUT2D eigenvalue weighted by atomic mass is 9.83. The molecule has 1 rings (SSSR count). The molecule has 1 fully saturated rings. The molecule has 0 aromatic heterocycles. The fraction of sp³-hybridized carbons (Fsp3) is 0.917. The molecule has 1 heterocycles. The largest absolute Gasteiger partial charge is 0.353 e. The summed E-state index contributed by atoms with van der Waals surface area (Å²) in [6, 6.07) is 0.428. The number of rotatable bonds is 4. The summed E-state index contributed by atoms with van der Waals surface area (Å²) in [5.74, 6) is 2.15. The van der Waals surface area contributed by atoms with Crippen LogP contribution in [0.25, 0.3) is 0 Å². The van der Waals surface area contributed by atoms with Gasteiger partial charge in [0.1, 0.15) is 0 Å². The summed E-state index contributed by atoms with van der Waals surface area (Å²) in [6.45, 7) is 8.91. The van der Waals surface area contributed by atoms with Gasteiger partial charge in [0.25, 0.3) is 0 Å². The summed E-state index contributed by atoms with van der Waals surface area (Å²) < 4.78 is 0. The normalized spacial score (nSPS) is 29.4. The Labute approximate surface area is 87.5 Å². The third-order valence-corrected chi connectivity index (χ3v) is 3.38. The van der Waals surface area contributed by atoms with Gasteiger partial charge in [0.15, 0.2) is 0 Å². The Morgan fingerprint density at radius 2 is 2.07 bits per heavy atom. The van der Waals surface area contributed by atoms with E-state index in [9.17, 15) is 4.79 Å². The molecule has 3 unspecified atom stereocenters. The molecule has 3 atom stereocenters. The maximum Gasteiger partial charge on any atom is 0.220 e. The standard InChI is InChI=1S/C12H23NO/c1-5-9(4)10-7-12(14)13-11(10)6-8(2)3/h8-11H,5-7H2,1-4H3,(H,13,14). The van der Waals surface area contributed by atoms with Gasteiger partial charge in [-0.2, -0.15) is 0 Å². The van der Waals surface area contributed by atoms with Gasteiger partial charge in [0.05, 0.1) is 0 Å². The molecule has 0 aromatic rings. The van der Waals surface area contributed by atoms with E-state index in [1.807, 2.05) is 0 Å². The molecule has 1 saturated heterocycles. The van der Waals surface area contributed by atoms with Crippen molar-refractivity contribution in [2.45, 2.75) is 53.0 Å².